The molecule has 4 nitrogen and oxygen atoms in total. The second-order valence-corrected chi connectivity index (χ2v) is 12.5. The molecule has 0 atom stereocenters. The number of aromatic nitrogens is 4. The molecule has 4 aromatic heterocycles. The molecule has 10 aromatic rings. The number of benzene rings is 6. The Morgan fingerprint density at radius 3 is 1.56 bits per heavy atom. The summed E-state index contributed by atoms with van der Waals surface area (Å²) in [5, 5.41) is 6.05. The molecular formula is C40H24N4S. The lowest BCUT2D eigenvalue weighted by molar-refractivity contribution is 1.02. The van der Waals surface area contributed by atoms with E-state index in [9.17, 15) is 0 Å². The van der Waals surface area contributed by atoms with Crippen LogP contribution in [0.1, 0.15) is 0 Å². The third kappa shape index (κ3) is 3.53. The second kappa shape index (κ2) is 9.36. The topological polar surface area (TPSA) is 35.6 Å². The standard InChI is InChI=1S/C40H24N4S/c1-6-19-32-27(14-1)28-15-2-7-20-33(28)43(32)26-13-11-12-25(24-26)37-39-38(31-18-5-10-23-36(31)45-39)42-40(41-37)44-34-21-8-3-16-29(34)30-17-4-9-22-35(30)44/h1-24H. The fourth-order valence-electron chi connectivity index (χ4n) is 7.01. The normalized spacial score (nSPS) is 12.0. The van der Waals surface area contributed by atoms with Crippen LogP contribution in [0, 0.1) is 0 Å². The van der Waals surface area contributed by atoms with Gasteiger partial charge in [0.25, 0.3) is 0 Å². The van der Waals surface area contributed by atoms with Crippen molar-refractivity contribution in [2.75, 3.05) is 0 Å². The lowest BCUT2D eigenvalue weighted by Gasteiger charge is -2.12. The minimum atomic E-state index is 0.681. The summed E-state index contributed by atoms with van der Waals surface area (Å²) in [5.41, 5.74) is 8.69. The quantitative estimate of drug-likeness (QED) is 0.205. The van der Waals surface area contributed by atoms with Crippen LogP contribution in [0.3, 0.4) is 0 Å². The Morgan fingerprint density at radius 1 is 0.444 bits per heavy atom. The Balaban J connectivity index is 1.29. The van der Waals surface area contributed by atoms with Crippen molar-refractivity contribution >= 4 is 75.3 Å². The lowest BCUT2D eigenvalue weighted by atomic mass is 10.1. The molecule has 0 saturated carbocycles. The van der Waals surface area contributed by atoms with Gasteiger partial charge in [-0.2, -0.15) is 0 Å². The van der Waals surface area contributed by atoms with Gasteiger partial charge in [0, 0.05) is 42.9 Å². The van der Waals surface area contributed by atoms with Crippen LogP contribution in [0.2, 0.25) is 0 Å². The highest BCUT2D eigenvalue weighted by atomic mass is 32.1. The molecule has 0 aliphatic rings. The van der Waals surface area contributed by atoms with Gasteiger partial charge in [-0.25, -0.2) is 9.97 Å². The van der Waals surface area contributed by atoms with Crippen LogP contribution in [-0.2, 0) is 0 Å². The van der Waals surface area contributed by atoms with E-state index in [0.29, 0.717) is 5.95 Å². The van der Waals surface area contributed by atoms with Gasteiger partial charge in [-0.3, -0.25) is 4.57 Å². The molecular weight excluding hydrogens is 569 g/mol. The zero-order chi connectivity index (χ0) is 29.5. The Kier molecular flexibility index (Phi) is 5.12. The molecule has 0 aliphatic heterocycles. The maximum atomic E-state index is 5.41. The number of hydrogen-bond donors (Lipinski definition) is 0. The van der Waals surface area contributed by atoms with E-state index in [2.05, 4.69) is 155 Å². The highest BCUT2D eigenvalue weighted by Crippen LogP contribution is 2.41. The molecule has 6 aromatic carbocycles. The van der Waals surface area contributed by atoms with Crippen molar-refractivity contribution in [3.8, 4) is 22.9 Å². The van der Waals surface area contributed by atoms with E-state index in [4.69, 9.17) is 9.97 Å². The van der Waals surface area contributed by atoms with Crippen molar-refractivity contribution in [3.63, 3.8) is 0 Å². The molecule has 0 spiro atoms. The Hall–Kier alpha value is -5.78. The van der Waals surface area contributed by atoms with Gasteiger partial charge in [-0.15, -0.1) is 11.3 Å². The van der Waals surface area contributed by atoms with Crippen molar-refractivity contribution in [1.82, 2.24) is 19.1 Å². The van der Waals surface area contributed by atoms with E-state index in [-0.39, 0.29) is 0 Å². The summed E-state index contributed by atoms with van der Waals surface area (Å²) < 4.78 is 6.89. The van der Waals surface area contributed by atoms with Crippen LogP contribution in [0.5, 0.6) is 0 Å². The summed E-state index contributed by atoms with van der Waals surface area (Å²) in [6, 6.07) is 51.7. The van der Waals surface area contributed by atoms with Crippen molar-refractivity contribution in [2.45, 2.75) is 0 Å². The van der Waals surface area contributed by atoms with Gasteiger partial charge >= 0.3 is 0 Å². The van der Waals surface area contributed by atoms with E-state index in [1.54, 1.807) is 11.3 Å². The first kappa shape index (κ1) is 24.6. The fraction of sp³-hybridized carbons (Fsp3) is 0. The van der Waals surface area contributed by atoms with Crippen molar-refractivity contribution in [3.05, 3.63) is 146 Å². The number of thiophene rings is 1. The summed E-state index contributed by atoms with van der Waals surface area (Å²) >= 11 is 1.76. The molecule has 5 heteroatoms. The molecule has 0 fully saturated rings. The predicted octanol–water partition coefficient (Wildman–Crippen LogP) is 10.7. The molecule has 0 saturated heterocycles. The van der Waals surface area contributed by atoms with Crippen molar-refractivity contribution < 1.29 is 0 Å². The Bertz CT molecular complexity index is 2670. The average molecular weight is 593 g/mol. The van der Waals surface area contributed by atoms with E-state index in [0.717, 1.165) is 43.6 Å². The highest BCUT2D eigenvalue weighted by molar-refractivity contribution is 7.26. The first-order valence-electron chi connectivity index (χ1n) is 15.1. The fourth-order valence-corrected chi connectivity index (χ4v) is 8.16. The van der Waals surface area contributed by atoms with Crippen LogP contribution in [0.25, 0.3) is 86.8 Å². The molecule has 0 unspecified atom stereocenters. The lowest BCUT2D eigenvalue weighted by Crippen LogP contribution is -2.03. The van der Waals surface area contributed by atoms with E-state index < -0.39 is 0 Å². The van der Waals surface area contributed by atoms with Crippen LogP contribution >= 0.6 is 11.3 Å². The summed E-state index contributed by atoms with van der Waals surface area (Å²) in [4.78, 5) is 10.7. The van der Waals surface area contributed by atoms with Gasteiger partial charge < -0.3 is 4.57 Å². The van der Waals surface area contributed by atoms with Gasteiger partial charge in [0.15, 0.2) is 0 Å². The molecule has 210 valence electrons. The van der Waals surface area contributed by atoms with E-state index in [1.807, 2.05) is 0 Å². The molecule has 0 bridgehead atoms. The van der Waals surface area contributed by atoms with Crippen molar-refractivity contribution in [2.24, 2.45) is 0 Å². The van der Waals surface area contributed by atoms with Gasteiger partial charge in [-0.05, 0) is 42.5 Å². The third-order valence-electron chi connectivity index (χ3n) is 8.95. The number of nitrogens with zero attached hydrogens (tertiary/aromatic N) is 4. The molecule has 0 amide bonds. The first-order chi connectivity index (χ1) is 22.3. The largest absolute Gasteiger partial charge is 0.309 e. The second-order valence-electron chi connectivity index (χ2n) is 11.4. The minimum absolute atomic E-state index is 0.681. The molecule has 0 aliphatic carbocycles. The summed E-state index contributed by atoms with van der Waals surface area (Å²) in [7, 11) is 0. The molecule has 0 radical (unpaired) electrons. The molecule has 45 heavy (non-hydrogen) atoms. The van der Waals surface area contributed by atoms with E-state index >= 15 is 0 Å². The summed E-state index contributed by atoms with van der Waals surface area (Å²) in [6.07, 6.45) is 0. The first-order valence-corrected chi connectivity index (χ1v) is 15.9. The molecule has 0 N–H and O–H groups in total. The van der Waals surface area contributed by atoms with E-state index in [1.165, 1.54) is 37.3 Å². The van der Waals surface area contributed by atoms with Crippen LogP contribution in [-0.4, -0.2) is 19.1 Å². The zero-order valence-electron chi connectivity index (χ0n) is 24.1. The van der Waals surface area contributed by atoms with Gasteiger partial charge in [0.2, 0.25) is 5.95 Å². The summed E-state index contributed by atoms with van der Waals surface area (Å²) in [6.45, 7) is 0. The maximum absolute atomic E-state index is 5.41. The maximum Gasteiger partial charge on any atom is 0.235 e. The smallest absolute Gasteiger partial charge is 0.235 e. The van der Waals surface area contributed by atoms with Crippen LogP contribution < -0.4 is 0 Å². The predicted molar refractivity (Wildman–Crippen MR) is 189 cm³/mol. The average Bonchev–Trinajstić information content (AvgIpc) is 3.76. The number of fused-ring (bicyclic) bond motifs is 9. The Labute approximate surface area is 262 Å². The monoisotopic (exact) mass is 592 g/mol. The number of hydrogen-bond acceptors (Lipinski definition) is 3. The Morgan fingerprint density at radius 2 is 0.956 bits per heavy atom. The highest BCUT2D eigenvalue weighted by Gasteiger charge is 2.20. The minimum Gasteiger partial charge on any atom is -0.309 e. The zero-order valence-corrected chi connectivity index (χ0v) is 24.9. The number of rotatable bonds is 3. The van der Waals surface area contributed by atoms with Gasteiger partial charge in [0.1, 0.15) is 0 Å². The molecule has 4 heterocycles. The third-order valence-corrected chi connectivity index (χ3v) is 10.1. The summed E-state index contributed by atoms with van der Waals surface area (Å²) in [5.74, 6) is 0.681. The van der Waals surface area contributed by atoms with Crippen LogP contribution in [0.4, 0.5) is 0 Å². The van der Waals surface area contributed by atoms with Gasteiger partial charge in [0.05, 0.1) is 38.0 Å². The number of para-hydroxylation sites is 4. The SMILES string of the molecule is c1cc(-c2nc(-n3c4ccccc4c4ccccc43)nc3c2sc2ccccc23)cc(-n2c3ccccc3c3ccccc32)c1. The molecule has 10 rings (SSSR count). The van der Waals surface area contributed by atoms with Crippen molar-refractivity contribution in [1.29, 1.82) is 0 Å². The van der Waals surface area contributed by atoms with Crippen LogP contribution in [0.15, 0.2) is 146 Å². The van der Waals surface area contributed by atoms with Gasteiger partial charge in [-0.1, -0.05) is 103 Å².